The van der Waals surface area contributed by atoms with E-state index in [1.807, 2.05) is 0 Å². The van der Waals surface area contributed by atoms with Gasteiger partial charge in [0.1, 0.15) is 0 Å². The van der Waals surface area contributed by atoms with Crippen molar-refractivity contribution in [2.75, 3.05) is 6.26 Å². The van der Waals surface area contributed by atoms with Crippen LogP contribution in [0.5, 0.6) is 0 Å². The van der Waals surface area contributed by atoms with Crippen molar-refractivity contribution in [3.8, 4) is 0 Å². The van der Waals surface area contributed by atoms with Gasteiger partial charge in [-0.15, -0.1) is 0 Å². The van der Waals surface area contributed by atoms with Crippen molar-refractivity contribution >= 4 is 9.84 Å². The number of aliphatic hydroxyl groups excluding tert-OH is 1. The number of sulfone groups is 1. The molecule has 1 aliphatic rings. The summed E-state index contributed by atoms with van der Waals surface area (Å²) in [5.74, 6) is 0.217. The van der Waals surface area contributed by atoms with Crippen LogP contribution in [-0.2, 0) is 9.84 Å². The number of hydrogen-bond donors (Lipinski definition) is 1. The van der Waals surface area contributed by atoms with Crippen LogP contribution in [0.2, 0.25) is 0 Å². The minimum absolute atomic E-state index is 0.217. The smallest absolute Gasteiger partial charge is 0.152 e. The number of aliphatic hydroxyl groups is 1. The van der Waals surface area contributed by atoms with E-state index in [1.165, 1.54) is 6.26 Å². The average Bonchev–Trinajstić information content (AvgIpc) is 1.79. The zero-order valence-corrected chi connectivity index (χ0v) is 8.34. The second-order valence-electron chi connectivity index (χ2n) is 3.72. The maximum absolute atomic E-state index is 11.1. The van der Waals surface area contributed by atoms with Crippen molar-refractivity contribution in [3.63, 3.8) is 0 Å². The normalized spacial score (nSPS) is 24.6. The molecule has 72 valence electrons. The van der Waals surface area contributed by atoms with E-state index in [2.05, 4.69) is 0 Å². The van der Waals surface area contributed by atoms with Crippen LogP contribution in [0.1, 0.15) is 26.2 Å². The molecule has 12 heavy (non-hydrogen) atoms. The Balaban J connectivity index is 2.57. The van der Waals surface area contributed by atoms with Gasteiger partial charge >= 0.3 is 0 Å². The predicted octanol–water partition coefficient (Wildman–Crippen LogP) is 0.581. The molecule has 1 saturated carbocycles. The fourth-order valence-corrected chi connectivity index (χ4v) is 2.15. The summed E-state index contributed by atoms with van der Waals surface area (Å²) in [5.41, 5.74) is 0. The van der Waals surface area contributed by atoms with Crippen LogP contribution in [0.15, 0.2) is 0 Å². The Morgan fingerprint density at radius 3 is 2.17 bits per heavy atom. The molecule has 0 heterocycles. The van der Waals surface area contributed by atoms with E-state index >= 15 is 0 Å². The van der Waals surface area contributed by atoms with Crippen molar-refractivity contribution in [1.29, 1.82) is 0 Å². The lowest BCUT2D eigenvalue weighted by molar-refractivity contribution is 0.0622. The van der Waals surface area contributed by atoms with Gasteiger partial charge in [-0.3, -0.25) is 0 Å². The summed E-state index contributed by atoms with van der Waals surface area (Å²) in [5, 5.41) is 8.99. The molecule has 0 amide bonds. The Hall–Kier alpha value is -0.0900. The van der Waals surface area contributed by atoms with E-state index in [9.17, 15) is 13.5 Å². The second-order valence-corrected chi connectivity index (χ2v) is 6.12. The van der Waals surface area contributed by atoms with Crippen molar-refractivity contribution in [3.05, 3.63) is 0 Å². The van der Waals surface area contributed by atoms with Crippen LogP contribution >= 0.6 is 0 Å². The van der Waals surface area contributed by atoms with Crippen LogP contribution < -0.4 is 0 Å². The van der Waals surface area contributed by atoms with Crippen LogP contribution in [0, 0.1) is 5.92 Å². The molecule has 0 aromatic carbocycles. The third kappa shape index (κ3) is 1.98. The minimum atomic E-state index is -3.07. The maximum atomic E-state index is 11.1. The molecule has 3 nitrogen and oxygen atoms in total. The monoisotopic (exact) mass is 192 g/mol. The predicted molar refractivity (Wildman–Crippen MR) is 47.7 cm³/mol. The largest absolute Gasteiger partial charge is 0.392 e. The summed E-state index contributed by atoms with van der Waals surface area (Å²) < 4.78 is 22.1. The lowest BCUT2D eigenvalue weighted by Gasteiger charge is -2.32. The number of rotatable bonds is 3. The zero-order chi connectivity index (χ0) is 9.35. The third-order valence-corrected chi connectivity index (χ3v) is 4.42. The standard InChI is InChI=1S/C8H16O3S/c1-6(12(2,10)11)8(9)7-4-3-5-7/h6-9H,3-5H2,1-2H3/t6-,8+/m0/s1. The molecule has 2 atom stereocenters. The van der Waals surface area contributed by atoms with Gasteiger partial charge in [0.2, 0.25) is 0 Å². The highest BCUT2D eigenvalue weighted by Gasteiger charge is 2.33. The lowest BCUT2D eigenvalue weighted by atomic mass is 9.80. The lowest BCUT2D eigenvalue weighted by Crippen LogP contribution is -2.39. The molecule has 0 bridgehead atoms. The highest BCUT2D eigenvalue weighted by atomic mass is 32.2. The van der Waals surface area contributed by atoms with E-state index in [0.717, 1.165) is 19.3 Å². The molecule has 0 spiro atoms. The Morgan fingerprint density at radius 1 is 1.42 bits per heavy atom. The summed E-state index contributed by atoms with van der Waals surface area (Å²) in [6.45, 7) is 1.58. The molecule has 4 heteroatoms. The molecule has 1 fully saturated rings. The summed E-state index contributed by atoms with van der Waals surface area (Å²) >= 11 is 0. The van der Waals surface area contributed by atoms with Gasteiger partial charge in [-0.2, -0.15) is 0 Å². The first-order valence-electron chi connectivity index (χ1n) is 4.30. The fourth-order valence-electron chi connectivity index (χ4n) is 1.42. The van der Waals surface area contributed by atoms with E-state index < -0.39 is 21.2 Å². The highest BCUT2D eigenvalue weighted by Crippen LogP contribution is 2.32. The van der Waals surface area contributed by atoms with Crippen LogP contribution in [-0.4, -0.2) is 31.1 Å². The molecule has 1 N–H and O–H groups in total. The quantitative estimate of drug-likeness (QED) is 0.711. The number of hydrogen-bond acceptors (Lipinski definition) is 3. The first-order valence-corrected chi connectivity index (χ1v) is 6.25. The van der Waals surface area contributed by atoms with E-state index in [-0.39, 0.29) is 5.92 Å². The molecule has 0 radical (unpaired) electrons. The third-order valence-electron chi connectivity index (χ3n) is 2.79. The van der Waals surface area contributed by atoms with Gasteiger partial charge in [0.05, 0.1) is 11.4 Å². The van der Waals surface area contributed by atoms with Gasteiger partial charge in [-0.05, 0) is 25.7 Å². The SMILES string of the molecule is C[C@@H]([C@@H](O)C1CCC1)S(C)(=O)=O. The van der Waals surface area contributed by atoms with Crippen LogP contribution in [0.4, 0.5) is 0 Å². The van der Waals surface area contributed by atoms with E-state index in [0.29, 0.717) is 0 Å². The van der Waals surface area contributed by atoms with E-state index in [1.54, 1.807) is 6.92 Å². The van der Waals surface area contributed by atoms with Gasteiger partial charge < -0.3 is 5.11 Å². The summed E-state index contributed by atoms with van der Waals surface area (Å²) in [6.07, 6.45) is 3.59. The molecule has 0 unspecified atom stereocenters. The summed E-state index contributed by atoms with van der Waals surface area (Å²) in [6, 6.07) is 0. The van der Waals surface area contributed by atoms with Crippen molar-refractivity contribution in [1.82, 2.24) is 0 Å². The van der Waals surface area contributed by atoms with Crippen LogP contribution in [0.25, 0.3) is 0 Å². The van der Waals surface area contributed by atoms with Gasteiger partial charge in [-0.1, -0.05) is 6.42 Å². The maximum Gasteiger partial charge on any atom is 0.152 e. The van der Waals surface area contributed by atoms with E-state index in [4.69, 9.17) is 0 Å². The summed E-state index contributed by atoms with van der Waals surface area (Å²) in [4.78, 5) is 0. The molecule has 0 aromatic rings. The molecule has 0 aromatic heterocycles. The van der Waals surface area contributed by atoms with Gasteiger partial charge in [0, 0.05) is 6.26 Å². The minimum Gasteiger partial charge on any atom is -0.392 e. The Morgan fingerprint density at radius 2 is 1.92 bits per heavy atom. The summed E-state index contributed by atoms with van der Waals surface area (Å²) in [7, 11) is -3.07. The first kappa shape index (κ1) is 9.99. The molecule has 1 aliphatic carbocycles. The Labute approximate surface area is 73.7 Å². The van der Waals surface area contributed by atoms with Crippen molar-refractivity contribution < 1.29 is 13.5 Å². The van der Waals surface area contributed by atoms with Gasteiger partial charge in [-0.25, -0.2) is 8.42 Å². The average molecular weight is 192 g/mol. The van der Waals surface area contributed by atoms with Crippen molar-refractivity contribution in [2.24, 2.45) is 5.92 Å². The molecular weight excluding hydrogens is 176 g/mol. The molecule has 0 saturated heterocycles. The Kier molecular flexibility index (Phi) is 2.78. The second kappa shape index (κ2) is 3.34. The zero-order valence-electron chi connectivity index (χ0n) is 7.53. The first-order chi connectivity index (χ1) is 5.43. The molecule has 1 rings (SSSR count). The van der Waals surface area contributed by atoms with Gasteiger partial charge in [0.15, 0.2) is 9.84 Å². The van der Waals surface area contributed by atoms with Gasteiger partial charge in [0.25, 0.3) is 0 Å². The Bertz CT molecular complexity index is 241. The highest BCUT2D eigenvalue weighted by molar-refractivity contribution is 7.91. The fraction of sp³-hybridized carbons (Fsp3) is 1.00. The topological polar surface area (TPSA) is 54.4 Å². The van der Waals surface area contributed by atoms with Crippen LogP contribution in [0.3, 0.4) is 0 Å². The molecular formula is C8H16O3S. The molecule has 0 aliphatic heterocycles. The van der Waals surface area contributed by atoms with Crippen molar-refractivity contribution in [2.45, 2.75) is 37.5 Å².